The van der Waals surface area contributed by atoms with Crippen LogP contribution in [0.4, 0.5) is 4.79 Å². The number of nitrogens with two attached hydrogens (primary N) is 2. The van der Waals surface area contributed by atoms with Crippen LogP contribution in [-0.4, -0.2) is 18.5 Å². The van der Waals surface area contributed by atoms with Crippen molar-refractivity contribution in [3.8, 4) is 0 Å². The molecule has 0 aliphatic rings. The highest BCUT2D eigenvalue weighted by atomic mass is 16.2. The average molecular weight is 201 g/mol. The standard InChI is InChI=1S/C6H11NO.C2H4.CH4N2O/c1-3-5-7-6(8)4-2;1-2;2-1(3)4/h4H,2-3,5H2,1H3,(H,7,8);1-2H2;(H4,2,3,4). The maximum absolute atomic E-state index is 10.3. The van der Waals surface area contributed by atoms with Gasteiger partial charge in [0.15, 0.2) is 0 Å². The summed E-state index contributed by atoms with van der Waals surface area (Å²) in [5.74, 6) is -0.0909. The molecule has 0 aliphatic carbocycles. The third kappa shape index (κ3) is 48.8. The van der Waals surface area contributed by atoms with Crippen LogP contribution in [0.1, 0.15) is 13.3 Å². The molecule has 0 spiro atoms. The van der Waals surface area contributed by atoms with Crippen LogP contribution in [-0.2, 0) is 4.79 Å². The molecule has 0 heterocycles. The van der Waals surface area contributed by atoms with Gasteiger partial charge in [0.1, 0.15) is 0 Å². The summed E-state index contributed by atoms with van der Waals surface area (Å²) in [6.45, 7) is 12.0. The molecule has 82 valence electrons. The summed E-state index contributed by atoms with van der Waals surface area (Å²) in [7, 11) is 0. The lowest BCUT2D eigenvalue weighted by atomic mass is 10.4. The molecule has 0 aromatic carbocycles. The highest BCUT2D eigenvalue weighted by molar-refractivity contribution is 5.86. The zero-order chi connectivity index (χ0) is 12.0. The highest BCUT2D eigenvalue weighted by Crippen LogP contribution is 1.70. The van der Waals surface area contributed by atoms with Gasteiger partial charge in [0.2, 0.25) is 5.91 Å². The third-order valence-corrected chi connectivity index (χ3v) is 0.735. The van der Waals surface area contributed by atoms with Crippen LogP contribution in [0.25, 0.3) is 0 Å². The van der Waals surface area contributed by atoms with Crippen molar-refractivity contribution in [2.24, 2.45) is 11.5 Å². The second-order valence-electron chi connectivity index (χ2n) is 1.90. The summed E-state index contributed by atoms with van der Waals surface area (Å²) in [6.07, 6.45) is 2.25. The van der Waals surface area contributed by atoms with Crippen LogP contribution in [0, 0.1) is 0 Å². The van der Waals surface area contributed by atoms with Crippen LogP contribution in [0.5, 0.6) is 0 Å². The Hall–Kier alpha value is -1.78. The summed E-state index contributed by atoms with van der Waals surface area (Å²) >= 11 is 0. The van der Waals surface area contributed by atoms with Crippen LogP contribution in [0.15, 0.2) is 25.8 Å². The van der Waals surface area contributed by atoms with Gasteiger partial charge in [-0.15, -0.1) is 13.2 Å². The second kappa shape index (κ2) is 17.3. The molecule has 0 rings (SSSR count). The molecule has 5 N–H and O–H groups in total. The van der Waals surface area contributed by atoms with Gasteiger partial charge in [-0.05, 0) is 12.5 Å². The quantitative estimate of drug-likeness (QED) is 0.458. The third-order valence-electron chi connectivity index (χ3n) is 0.735. The van der Waals surface area contributed by atoms with E-state index in [0.717, 1.165) is 13.0 Å². The number of carbonyl (C=O) groups excluding carboxylic acids is 2. The number of nitrogens with one attached hydrogen (secondary N) is 1. The minimum absolute atomic E-state index is 0.0909. The Balaban J connectivity index is -0.000000170. The van der Waals surface area contributed by atoms with Gasteiger partial charge in [0, 0.05) is 6.54 Å². The van der Waals surface area contributed by atoms with Crippen LogP contribution < -0.4 is 16.8 Å². The Kier molecular flexibility index (Phi) is 22.4. The molecule has 5 nitrogen and oxygen atoms in total. The van der Waals surface area contributed by atoms with Gasteiger partial charge in [-0.2, -0.15) is 0 Å². The number of hydrogen-bond acceptors (Lipinski definition) is 2. The van der Waals surface area contributed by atoms with E-state index in [0.29, 0.717) is 0 Å². The van der Waals surface area contributed by atoms with E-state index in [1.165, 1.54) is 6.08 Å². The molecule has 0 aromatic heterocycles. The van der Waals surface area contributed by atoms with Crippen molar-refractivity contribution in [3.05, 3.63) is 25.8 Å². The molecular formula is C9H19N3O2. The van der Waals surface area contributed by atoms with Crippen LogP contribution in [0.3, 0.4) is 0 Å². The molecule has 14 heavy (non-hydrogen) atoms. The summed E-state index contributed by atoms with van der Waals surface area (Å²) in [5, 5.41) is 2.62. The normalized spacial score (nSPS) is 6.64. The first-order valence-corrected chi connectivity index (χ1v) is 3.99. The molecule has 0 radical (unpaired) electrons. The fourth-order valence-electron chi connectivity index (χ4n) is 0.320. The zero-order valence-electron chi connectivity index (χ0n) is 8.58. The summed E-state index contributed by atoms with van der Waals surface area (Å²) in [6, 6.07) is -0.833. The first-order valence-electron chi connectivity index (χ1n) is 3.99. The van der Waals surface area contributed by atoms with Gasteiger partial charge in [-0.3, -0.25) is 4.79 Å². The Morgan fingerprint density at radius 3 is 1.93 bits per heavy atom. The minimum atomic E-state index is -0.833. The first kappa shape index (κ1) is 18.1. The van der Waals surface area contributed by atoms with Gasteiger partial charge in [0.05, 0.1) is 0 Å². The molecule has 0 atom stereocenters. The van der Waals surface area contributed by atoms with Crippen molar-refractivity contribution >= 4 is 11.9 Å². The molecule has 0 aromatic rings. The number of rotatable bonds is 3. The van der Waals surface area contributed by atoms with Crippen LogP contribution in [0.2, 0.25) is 0 Å². The number of primary amides is 2. The van der Waals surface area contributed by atoms with Crippen molar-refractivity contribution in [2.45, 2.75) is 13.3 Å². The van der Waals surface area contributed by atoms with E-state index >= 15 is 0 Å². The van der Waals surface area contributed by atoms with Crippen molar-refractivity contribution in [2.75, 3.05) is 6.54 Å². The molecule has 0 aliphatic heterocycles. The van der Waals surface area contributed by atoms with Gasteiger partial charge < -0.3 is 16.8 Å². The fraction of sp³-hybridized carbons (Fsp3) is 0.333. The molecule has 3 amide bonds. The van der Waals surface area contributed by atoms with Gasteiger partial charge in [-0.25, -0.2) is 4.79 Å². The molecule has 5 heteroatoms. The highest BCUT2D eigenvalue weighted by Gasteiger charge is 1.86. The number of urea groups is 1. The van der Waals surface area contributed by atoms with E-state index in [-0.39, 0.29) is 5.91 Å². The monoisotopic (exact) mass is 201 g/mol. The Labute approximate surface area is 84.8 Å². The van der Waals surface area contributed by atoms with Gasteiger partial charge in [0.25, 0.3) is 0 Å². The summed E-state index contributed by atoms with van der Waals surface area (Å²) in [4.78, 5) is 19.3. The fourth-order valence-corrected chi connectivity index (χ4v) is 0.320. The smallest absolute Gasteiger partial charge is 0.309 e. The Morgan fingerprint density at radius 2 is 1.71 bits per heavy atom. The summed E-state index contributed by atoms with van der Waals surface area (Å²) < 4.78 is 0. The molecule has 0 unspecified atom stereocenters. The van der Waals surface area contributed by atoms with Gasteiger partial charge in [-0.1, -0.05) is 13.5 Å². The molecule has 0 fully saturated rings. The lowest BCUT2D eigenvalue weighted by molar-refractivity contribution is -0.116. The summed E-state index contributed by atoms with van der Waals surface area (Å²) in [5.41, 5.74) is 8.50. The number of hydrogen-bond donors (Lipinski definition) is 3. The van der Waals surface area contributed by atoms with Crippen molar-refractivity contribution < 1.29 is 9.59 Å². The lowest BCUT2D eigenvalue weighted by Crippen LogP contribution is -2.20. The van der Waals surface area contributed by atoms with Crippen molar-refractivity contribution in [3.63, 3.8) is 0 Å². The maximum atomic E-state index is 10.3. The second-order valence-corrected chi connectivity index (χ2v) is 1.90. The average Bonchev–Trinajstić information content (AvgIpc) is 2.16. The van der Waals surface area contributed by atoms with Gasteiger partial charge >= 0.3 is 6.03 Å². The predicted octanol–water partition coefficient (Wildman–Crippen LogP) is 0.525. The number of amides is 3. The molecule has 0 saturated heterocycles. The molecular weight excluding hydrogens is 182 g/mol. The van der Waals surface area contributed by atoms with E-state index in [4.69, 9.17) is 4.79 Å². The van der Waals surface area contributed by atoms with E-state index in [1.807, 2.05) is 6.92 Å². The predicted molar refractivity (Wildman–Crippen MR) is 58.5 cm³/mol. The topological polar surface area (TPSA) is 98.2 Å². The van der Waals surface area contributed by atoms with E-state index in [1.54, 1.807) is 0 Å². The van der Waals surface area contributed by atoms with Crippen LogP contribution >= 0.6 is 0 Å². The Bertz CT molecular complexity index is 165. The van der Waals surface area contributed by atoms with E-state index in [2.05, 4.69) is 36.5 Å². The van der Waals surface area contributed by atoms with Crippen molar-refractivity contribution in [1.29, 1.82) is 0 Å². The first-order chi connectivity index (χ1) is 6.54. The van der Waals surface area contributed by atoms with Crippen molar-refractivity contribution in [1.82, 2.24) is 5.32 Å². The largest absolute Gasteiger partial charge is 0.353 e. The lowest BCUT2D eigenvalue weighted by Gasteiger charge is -1.94. The zero-order valence-corrected chi connectivity index (χ0v) is 8.58. The van der Waals surface area contributed by atoms with E-state index < -0.39 is 6.03 Å². The van der Waals surface area contributed by atoms with E-state index in [9.17, 15) is 4.79 Å². The maximum Gasteiger partial charge on any atom is 0.309 e. The molecule has 0 bridgehead atoms. The number of carbonyl (C=O) groups is 2. The Morgan fingerprint density at radius 1 is 1.36 bits per heavy atom. The molecule has 0 saturated carbocycles. The minimum Gasteiger partial charge on any atom is -0.353 e. The SMILES string of the molecule is C=C.C=CC(=O)NCCC.NC(N)=O.